The molecule has 0 aromatic carbocycles. The molecule has 0 aliphatic carbocycles. The van der Waals surface area contributed by atoms with Gasteiger partial charge in [-0.05, 0) is 0 Å². The summed E-state index contributed by atoms with van der Waals surface area (Å²) in [5, 5.41) is 8.76. The van der Waals surface area contributed by atoms with Crippen molar-refractivity contribution in [2.24, 2.45) is 9.90 Å². The normalized spacial score (nSPS) is 13.6. The van der Waals surface area contributed by atoms with Gasteiger partial charge >= 0.3 is 94.6 Å². The van der Waals surface area contributed by atoms with Crippen molar-refractivity contribution in [3.8, 4) is 0 Å². The van der Waals surface area contributed by atoms with E-state index in [1.807, 2.05) is 0 Å². The summed E-state index contributed by atoms with van der Waals surface area (Å²) in [6.45, 7) is 1.05. The van der Waals surface area contributed by atoms with Crippen LogP contribution in [0.2, 0.25) is 6.82 Å². The third-order valence-electron chi connectivity index (χ3n) is 1.10. The van der Waals surface area contributed by atoms with E-state index in [9.17, 15) is 26.3 Å². The summed E-state index contributed by atoms with van der Waals surface area (Å²) in [7, 11) is -7.09. The summed E-state index contributed by atoms with van der Waals surface area (Å²) in [5.74, 6) is -1.05. The molecule has 0 amide bonds. The van der Waals surface area contributed by atoms with Crippen LogP contribution in [0.15, 0.2) is 9.90 Å². The first-order chi connectivity index (χ1) is 7.60. The van der Waals surface area contributed by atoms with Gasteiger partial charge in [0.1, 0.15) is 0 Å². The topological polar surface area (TPSA) is 108 Å². The molecule has 0 aromatic rings. The molecular formula is C4H6B2F3N3O4S. The molecule has 94 valence electrons. The van der Waals surface area contributed by atoms with Gasteiger partial charge in [-0.25, -0.2) is 0 Å². The van der Waals surface area contributed by atoms with Gasteiger partial charge in [0.25, 0.3) is 0 Å². The molecule has 0 saturated carbocycles. The molecule has 13 heteroatoms. The molecule has 0 spiro atoms. The van der Waals surface area contributed by atoms with E-state index in [1.54, 1.807) is 0 Å². The van der Waals surface area contributed by atoms with Gasteiger partial charge in [-0.3, -0.25) is 0 Å². The van der Waals surface area contributed by atoms with Crippen LogP contribution >= 0.6 is 0 Å². The van der Waals surface area contributed by atoms with Crippen LogP contribution in [-0.4, -0.2) is 45.2 Å². The number of hydrogen-bond donors (Lipinski definition) is 2. The van der Waals surface area contributed by atoms with Gasteiger partial charge in [-0.1, -0.05) is 0 Å². The standard InChI is InChI=1S/C4H6B2F3N3O4S/c1-6(14)11-3(10-2-5-13)12-17(15,16)4(7,8)9/h2,14H,1H3,(H,11,12)/b10-2-. The predicted octanol–water partition coefficient (Wildman–Crippen LogP) is -1.03. The van der Waals surface area contributed by atoms with Gasteiger partial charge in [0.2, 0.25) is 0 Å². The fourth-order valence-electron chi connectivity index (χ4n) is 0.542. The fraction of sp³-hybridized carbons (Fsp3) is 0.500. The van der Waals surface area contributed by atoms with Crippen LogP contribution in [0.25, 0.3) is 0 Å². The Morgan fingerprint density at radius 1 is 1.53 bits per heavy atom. The van der Waals surface area contributed by atoms with E-state index in [1.165, 1.54) is 0 Å². The van der Waals surface area contributed by atoms with Crippen molar-refractivity contribution in [2.75, 3.05) is 0 Å². The van der Waals surface area contributed by atoms with Crippen LogP contribution < -0.4 is 4.72 Å². The van der Waals surface area contributed by atoms with Gasteiger partial charge in [0.05, 0.1) is 0 Å². The van der Waals surface area contributed by atoms with Crippen LogP contribution in [0.3, 0.4) is 0 Å². The first kappa shape index (κ1) is 15.8. The van der Waals surface area contributed by atoms with E-state index in [4.69, 9.17) is 5.02 Å². The molecule has 0 atom stereocenters. The number of hydrogen-bond acceptors (Lipinski definition) is 5. The van der Waals surface area contributed by atoms with E-state index in [2.05, 4.69) is 9.90 Å². The first-order valence-corrected chi connectivity index (χ1v) is 5.41. The second kappa shape index (κ2) is 5.91. The number of sulfonamides is 1. The van der Waals surface area contributed by atoms with Crippen LogP contribution in [0.1, 0.15) is 0 Å². The Labute approximate surface area is 95.3 Å². The molecular weight excluding hydrogens is 265 g/mol. The number of nitrogens with one attached hydrogen (secondary N) is 1. The Morgan fingerprint density at radius 3 is 2.41 bits per heavy atom. The van der Waals surface area contributed by atoms with Gasteiger partial charge in [-0.2, -0.15) is 0 Å². The number of rotatable bonds is 3. The predicted molar refractivity (Wildman–Crippen MR) is 54.3 cm³/mol. The summed E-state index contributed by atoms with van der Waals surface area (Å²) in [4.78, 5) is 6.03. The average Bonchev–Trinajstić information content (AvgIpc) is 2.10. The summed E-state index contributed by atoms with van der Waals surface area (Å²) < 4.78 is 68.1. The molecule has 0 aliphatic heterocycles. The van der Waals surface area contributed by atoms with Gasteiger partial charge in [0.15, 0.2) is 0 Å². The first-order valence-electron chi connectivity index (χ1n) is 3.93. The van der Waals surface area contributed by atoms with Crippen molar-refractivity contribution in [1.29, 1.82) is 0 Å². The fourth-order valence-corrected chi connectivity index (χ4v) is 1.00. The zero-order valence-corrected chi connectivity index (χ0v) is 9.16. The molecule has 0 aliphatic rings. The van der Waals surface area contributed by atoms with Crippen LogP contribution in [0.5, 0.6) is 0 Å². The summed E-state index contributed by atoms with van der Waals surface area (Å²) >= 11 is 0. The second-order valence-corrected chi connectivity index (χ2v) is 4.22. The Hall–Kier alpha value is -1.23. The minimum absolute atomic E-state index is 0.0967. The van der Waals surface area contributed by atoms with Crippen molar-refractivity contribution in [2.45, 2.75) is 12.3 Å². The van der Waals surface area contributed by atoms with Crippen molar-refractivity contribution < 1.29 is 31.3 Å². The number of halogens is 3. The number of aliphatic imine (C=N–C) groups is 1. The number of alkyl halides is 3. The summed E-state index contributed by atoms with van der Waals surface area (Å²) in [6, 6.07) is 0. The Bertz CT molecular complexity index is 432. The van der Waals surface area contributed by atoms with E-state index >= 15 is 0 Å². The third-order valence-corrected chi connectivity index (χ3v) is 2.16. The van der Waals surface area contributed by atoms with Crippen LogP contribution in [-0.2, 0) is 14.7 Å². The Balaban J connectivity index is 5.15. The molecule has 0 fully saturated rings. The van der Waals surface area contributed by atoms with Crippen molar-refractivity contribution in [3.63, 3.8) is 0 Å². The van der Waals surface area contributed by atoms with Gasteiger partial charge in [0, 0.05) is 0 Å². The monoisotopic (exact) mass is 271 g/mol. The summed E-state index contributed by atoms with van der Waals surface area (Å²) in [5.41, 5.74) is -5.55. The van der Waals surface area contributed by atoms with Crippen LogP contribution in [0, 0.1) is 0 Å². The molecule has 0 aromatic heterocycles. The van der Waals surface area contributed by atoms with E-state index in [0.29, 0.717) is 6.11 Å². The molecule has 7 nitrogen and oxygen atoms in total. The quantitative estimate of drug-likeness (QED) is 0.388. The molecule has 0 unspecified atom stereocenters. The molecule has 17 heavy (non-hydrogen) atoms. The Morgan fingerprint density at radius 2 is 2.06 bits per heavy atom. The molecule has 0 heterocycles. The molecule has 0 radical (unpaired) electrons. The van der Waals surface area contributed by atoms with E-state index < -0.39 is 28.5 Å². The summed E-state index contributed by atoms with van der Waals surface area (Å²) in [6.07, 6.45) is 0.472. The van der Waals surface area contributed by atoms with Gasteiger partial charge in [-0.15, -0.1) is 0 Å². The zero-order chi connectivity index (χ0) is 13.7. The molecule has 0 rings (SSSR count). The van der Waals surface area contributed by atoms with Crippen molar-refractivity contribution >= 4 is 36.3 Å². The maximum atomic E-state index is 12.0. The number of guanidine groups is 1. The Kier molecular flexibility index (Phi) is 5.48. The molecule has 0 bridgehead atoms. The van der Waals surface area contributed by atoms with Crippen molar-refractivity contribution in [3.05, 3.63) is 0 Å². The SMILES string of the molecule is CB(O)/N=C(\N=C/B=O)NS(=O)(=O)C(F)(F)F. The van der Waals surface area contributed by atoms with Crippen molar-refractivity contribution in [1.82, 2.24) is 4.72 Å². The van der Waals surface area contributed by atoms with Gasteiger partial charge < -0.3 is 0 Å². The zero-order valence-electron chi connectivity index (χ0n) is 8.34. The molecule has 0 saturated heterocycles. The maximum absolute atomic E-state index is 12.0. The number of nitrogens with zero attached hydrogens (tertiary/aromatic N) is 2. The minimum atomic E-state index is -5.69. The van der Waals surface area contributed by atoms with E-state index in [0.717, 1.165) is 11.5 Å². The average molecular weight is 271 g/mol. The third kappa shape index (κ3) is 5.58. The van der Waals surface area contributed by atoms with E-state index in [-0.39, 0.29) is 7.15 Å². The second-order valence-electron chi connectivity index (χ2n) is 2.55. The van der Waals surface area contributed by atoms with Crippen LogP contribution in [0.4, 0.5) is 13.2 Å². The molecule has 2 N–H and O–H groups in total.